The number of benzene rings is 2. The van der Waals surface area contributed by atoms with Gasteiger partial charge in [-0.3, -0.25) is 9.35 Å². The first-order valence-electron chi connectivity index (χ1n) is 10.1. The molecule has 1 aliphatic rings. The first-order chi connectivity index (χ1) is 16.2. The van der Waals surface area contributed by atoms with Crippen LogP contribution in [0.15, 0.2) is 64.9 Å². The smallest absolute Gasteiger partial charge is 0.304 e. The molecule has 0 unspecified atom stereocenters. The Hall–Kier alpha value is -2.45. The molecule has 0 aliphatic carbocycles. The number of hydrogen-bond donors (Lipinski definition) is 2. The molecule has 2 aromatic carbocycles. The van der Waals surface area contributed by atoms with Gasteiger partial charge in [-0.1, -0.05) is 65.7 Å². The van der Waals surface area contributed by atoms with Crippen LogP contribution in [0.4, 0.5) is 0 Å². The van der Waals surface area contributed by atoms with Crippen molar-refractivity contribution in [3.05, 3.63) is 86.7 Å². The summed E-state index contributed by atoms with van der Waals surface area (Å²) in [7, 11) is -4.15. The summed E-state index contributed by atoms with van der Waals surface area (Å²) in [6.45, 7) is 2.02. The predicted octanol–water partition coefficient (Wildman–Crippen LogP) is 4.75. The van der Waals surface area contributed by atoms with Gasteiger partial charge in [0.2, 0.25) is 5.91 Å². The van der Waals surface area contributed by atoms with E-state index >= 15 is 0 Å². The van der Waals surface area contributed by atoms with E-state index in [-0.39, 0.29) is 25.5 Å². The first-order valence-corrected chi connectivity index (χ1v) is 13.2. The minimum atomic E-state index is -4.15. The highest BCUT2D eigenvalue weighted by Gasteiger charge is 2.30. The van der Waals surface area contributed by atoms with E-state index in [1.54, 1.807) is 6.07 Å². The number of thiophene rings is 1. The summed E-state index contributed by atoms with van der Waals surface area (Å²) in [6.07, 6.45) is 0.823. The van der Waals surface area contributed by atoms with Gasteiger partial charge in [0, 0.05) is 19.6 Å². The zero-order valence-corrected chi connectivity index (χ0v) is 21.0. The number of halogens is 2. The molecule has 2 heterocycles. The topological polar surface area (TPSA) is 111 Å². The van der Waals surface area contributed by atoms with Crippen molar-refractivity contribution < 1.29 is 17.8 Å². The predicted molar refractivity (Wildman–Crippen MR) is 132 cm³/mol. The molecular weight excluding hydrogens is 517 g/mol. The maximum atomic E-state index is 12.5. The number of carbonyl (C=O) groups is 1. The molecule has 1 amide bonds. The fraction of sp³-hybridized carbons (Fsp3) is 0.217. The van der Waals surface area contributed by atoms with Crippen molar-refractivity contribution in [3.8, 4) is 6.07 Å². The molecule has 1 saturated heterocycles. The van der Waals surface area contributed by atoms with Crippen molar-refractivity contribution in [1.82, 2.24) is 10.2 Å². The molecule has 0 spiro atoms. The Morgan fingerprint density at radius 2 is 1.82 bits per heavy atom. The summed E-state index contributed by atoms with van der Waals surface area (Å²) in [4.78, 5) is 14.3. The molecule has 1 atom stereocenters. The second kappa shape index (κ2) is 11.8. The third-order valence-electron chi connectivity index (χ3n) is 5.00. The molecule has 7 nitrogen and oxygen atoms in total. The summed E-state index contributed by atoms with van der Waals surface area (Å²) in [6, 6.07) is 20.7. The number of carbonyl (C=O) groups excluding carboxylic acids is 1. The normalized spacial score (nSPS) is 15.5. The summed E-state index contributed by atoms with van der Waals surface area (Å²) >= 11 is 11.6. The van der Waals surface area contributed by atoms with Crippen molar-refractivity contribution >= 4 is 50.6 Å². The van der Waals surface area contributed by atoms with Crippen LogP contribution in [0.3, 0.4) is 0 Å². The van der Waals surface area contributed by atoms with Crippen LogP contribution in [0.25, 0.3) is 0 Å². The van der Waals surface area contributed by atoms with E-state index in [4.69, 9.17) is 33.0 Å². The van der Waals surface area contributed by atoms with Gasteiger partial charge in [-0.15, -0.1) is 11.3 Å². The second-order valence-electron chi connectivity index (χ2n) is 7.44. The largest absolute Gasteiger partial charge is 0.337 e. The summed E-state index contributed by atoms with van der Waals surface area (Å²) in [5.74, 6) is 0.142. The van der Waals surface area contributed by atoms with Crippen LogP contribution in [-0.4, -0.2) is 36.4 Å². The van der Waals surface area contributed by atoms with Crippen molar-refractivity contribution in [1.29, 1.82) is 5.26 Å². The maximum absolute atomic E-state index is 12.5. The molecule has 0 saturated carbocycles. The van der Waals surface area contributed by atoms with Gasteiger partial charge in [0.1, 0.15) is 8.55 Å². The van der Waals surface area contributed by atoms with Crippen LogP contribution in [-0.2, 0) is 28.0 Å². The van der Waals surface area contributed by atoms with E-state index in [0.29, 0.717) is 30.0 Å². The van der Waals surface area contributed by atoms with Crippen LogP contribution < -0.4 is 5.32 Å². The Morgan fingerprint density at radius 3 is 2.41 bits per heavy atom. The molecular formula is C23H21Cl2N3O4S2. The van der Waals surface area contributed by atoms with Crippen LogP contribution >= 0.6 is 34.5 Å². The Bertz CT molecular complexity index is 1270. The van der Waals surface area contributed by atoms with Crippen LogP contribution in [0.1, 0.15) is 23.1 Å². The zero-order valence-electron chi connectivity index (χ0n) is 17.8. The van der Waals surface area contributed by atoms with Crippen LogP contribution in [0, 0.1) is 11.3 Å². The molecule has 1 aromatic heterocycles. The quantitative estimate of drug-likeness (QED) is 0.439. The van der Waals surface area contributed by atoms with Gasteiger partial charge in [-0.25, -0.2) is 0 Å². The monoisotopic (exact) mass is 537 g/mol. The van der Waals surface area contributed by atoms with E-state index in [0.717, 1.165) is 24.6 Å². The summed E-state index contributed by atoms with van der Waals surface area (Å²) in [5, 5.41) is 12.4. The van der Waals surface area contributed by atoms with Gasteiger partial charge in [-0.2, -0.15) is 13.7 Å². The lowest BCUT2D eigenvalue weighted by atomic mass is 10.1. The molecule has 4 rings (SSSR count). The third-order valence-corrected chi connectivity index (χ3v) is 8.17. The van der Waals surface area contributed by atoms with Gasteiger partial charge < -0.3 is 10.2 Å². The minimum absolute atomic E-state index is 0.116. The van der Waals surface area contributed by atoms with Gasteiger partial charge >= 0.3 is 10.1 Å². The van der Waals surface area contributed by atoms with E-state index < -0.39 is 10.1 Å². The van der Waals surface area contributed by atoms with Gasteiger partial charge in [0.15, 0.2) is 0 Å². The molecule has 1 fully saturated rings. The number of likely N-dealkylation sites (tertiary alicyclic amines) is 1. The Morgan fingerprint density at radius 1 is 1.12 bits per heavy atom. The van der Waals surface area contributed by atoms with Crippen molar-refractivity contribution in [2.45, 2.75) is 29.8 Å². The lowest BCUT2D eigenvalue weighted by Crippen LogP contribution is -2.37. The average molecular weight is 538 g/mol. The van der Waals surface area contributed by atoms with Crippen LogP contribution in [0.2, 0.25) is 9.36 Å². The van der Waals surface area contributed by atoms with E-state index in [1.807, 2.05) is 41.3 Å². The van der Waals surface area contributed by atoms with E-state index in [2.05, 4.69) is 23.5 Å². The molecule has 0 bridgehead atoms. The highest BCUT2D eigenvalue weighted by atomic mass is 35.5. The maximum Gasteiger partial charge on any atom is 0.304 e. The molecule has 11 heteroatoms. The average Bonchev–Trinajstić information content (AvgIpc) is 3.35. The Labute approximate surface area is 212 Å². The fourth-order valence-corrected chi connectivity index (χ4v) is 5.58. The SMILES string of the molecule is N#Cc1cccc(CN2CC[C@H](NCc3ccccc3)C2=O)c1.O=S(=O)(O)c1cc(Cl)c(Cl)s1. The first kappa shape index (κ1) is 26.2. The van der Waals surface area contributed by atoms with Gasteiger partial charge in [-0.05, 0) is 35.7 Å². The molecule has 34 heavy (non-hydrogen) atoms. The number of amides is 1. The third kappa shape index (κ3) is 7.27. The number of nitrogens with one attached hydrogen (secondary N) is 1. The standard InChI is InChI=1S/C19H19N3O.C4H2Cl2O3S2/c20-12-16-7-4-8-17(11-16)14-22-10-9-18(19(22)23)21-13-15-5-2-1-3-6-15;5-2-1-3(10-4(2)6)11(7,8)9/h1-8,11,18,21H,9-10,13-14H2;1H,(H,7,8,9)/t18-;/m0./s1. The Kier molecular flexibility index (Phi) is 9.08. The van der Waals surface area contributed by atoms with E-state index in [9.17, 15) is 13.2 Å². The molecule has 3 aromatic rings. The number of hydrogen-bond acceptors (Lipinski definition) is 6. The number of rotatable bonds is 6. The molecule has 0 radical (unpaired) electrons. The van der Waals surface area contributed by atoms with Crippen molar-refractivity contribution in [3.63, 3.8) is 0 Å². The van der Waals surface area contributed by atoms with Gasteiger partial charge in [0.25, 0.3) is 0 Å². The lowest BCUT2D eigenvalue weighted by Gasteiger charge is -2.17. The summed E-state index contributed by atoms with van der Waals surface area (Å²) in [5.41, 5.74) is 2.81. The van der Waals surface area contributed by atoms with Crippen LogP contribution in [0.5, 0.6) is 0 Å². The summed E-state index contributed by atoms with van der Waals surface area (Å²) < 4.78 is 29.3. The molecule has 1 aliphatic heterocycles. The molecule has 2 N–H and O–H groups in total. The van der Waals surface area contributed by atoms with Crippen molar-refractivity contribution in [2.75, 3.05) is 6.54 Å². The Balaban J connectivity index is 0.000000248. The zero-order chi connectivity index (χ0) is 24.7. The fourth-order valence-electron chi connectivity index (χ4n) is 3.34. The highest BCUT2D eigenvalue weighted by molar-refractivity contribution is 7.88. The number of nitriles is 1. The minimum Gasteiger partial charge on any atom is -0.337 e. The van der Waals surface area contributed by atoms with Crippen molar-refractivity contribution in [2.24, 2.45) is 0 Å². The van der Waals surface area contributed by atoms with E-state index in [1.165, 1.54) is 5.56 Å². The second-order valence-corrected chi connectivity index (χ2v) is 11.2. The number of nitrogens with zero attached hydrogens (tertiary/aromatic N) is 2. The highest BCUT2D eigenvalue weighted by Crippen LogP contribution is 2.33. The van der Waals surface area contributed by atoms with Gasteiger partial charge in [0.05, 0.1) is 22.7 Å². The molecule has 178 valence electrons. The lowest BCUT2D eigenvalue weighted by molar-refractivity contribution is -0.129.